The maximum Gasteiger partial charge on any atom is -0.0351 e. The van der Waals surface area contributed by atoms with Gasteiger partial charge in [-0.1, -0.05) is 338 Å². The molecule has 0 saturated carbocycles. The molecular weight excluding hydrogens is 757 g/mol. The lowest BCUT2D eigenvalue weighted by molar-refractivity contribution is 0.508. The Labute approximate surface area is 401 Å². The molecule has 0 aromatic heterocycles. The third-order valence-corrected chi connectivity index (χ3v) is 14.4. The fourth-order valence-corrected chi connectivity index (χ4v) is 9.93. The van der Waals surface area contributed by atoms with Gasteiger partial charge in [-0.2, -0.15) is 0 Å². The summed E-state index contributed by atoms with van der Waals surface area (Å²) in [5, 5.41) is 0. The third-order valence-electron chi connectivity index (χ3n) is 14.4. The number of unbranched alkanes of at least 4 members (excludes halogenated alkanes) is 53. The number of hydrogen-bond acceptors (Lipinski definition) is 0. The quantitative estimate of drug-likeness (QED) is 0.0422. The van der Waals surface area contributed by atoms with Crippen LogP contribution in [0.25, 0.3) is 0 Å². The molecule has 0 aliphatic carbocycles. The average Bonchev–Trinajstić information content (AvgIpc) is 3.29. The fourth-order valence-electron chi connectivity index (χ4n) is 9.93. The van der Waals surface area contributed by atoms with Gasteiger partial charge in [-0.25, -0.2) is 0 Å². The molecule has 0 unspecified atom stereocenters. The number of hydrogen-bond donors (Lipinski definition) is 0. The first-order valence-electron chi connectivity index (χ1n) is 30.3. The van der Waals surface area contributed by atoms with Crippen molar-refractivity contribution >= 4 is 0 Å². The van der Waals surface area contributed by atoms with Crippen molar-refractivity contribution in [3.63, 3.8) is 0 Å². The second-order valence-corrected chi connectivity index (χ2v) is 20.8. The molecule has 0 rings (SSSR count). The van der Waals surface area contributed by atoms with Crippen molar-refractivity contribution < 1.29 is 0 Å². The summed E-state index contributed by atoms with van der Waals surface area (Å²) in [4.78, 5) is 0. The second kappa shape index (κ2) is 61.2. The minimum Gasteiger partial charge on any atom is -0.0917 e. The summed E-state index contributed by atoms with van der Waals surface area (Å²) in [5.41, 5.74) is 0. The molecule has 0 heterocycles. The van der Waals surface area contributed by atoms with Crippen LogP contribution in [0.15, 0.2) is 36.5 Å². The molecule has 0 aliphatic rings. The Kier molecular flexibility index (Phi) is 60.5. The van der Waals surface area contributed by atoms with Crippen LogP contribution in [0.4, 0.5) is 0 Å². The van der Waals surface area contributed by atoms with Gasteiger partial charge in [-0.05, 0) is 65.2 Å². The molecule has 0 aliphatic heterocycles. The molecule has 0 heteroatoms. The van der Waals surface area contributed by atoms with Gasteiger partial charge in [0.25, 0.3) is 0 Å². The molecule has 0 aromatic carbocycles. The normalized spacial score (nSPS) is 12.1. The van der Waals surface area contributed by atoms with E-state index in [1.54, 1.807) is 0 Å². The lowest BCUT2D eigenvalue weighted by atomic mass is 10.0. The van der Waals surface area contributed by atoms with E-state index in [0.717, 1.165) is 0 Å². The van der Waals surface area contributed by atoms with E-state index in [9.17, 15) is 0 Å². The first-order chi connectivity index (χ1) is 31.4. The van der Waals surface area contributed by atoms with Crippen LogP contribution in [0.5, 0.6) is 0 Å². The van der Waals surface area contributed by atoms with Gasteiger partial charge in [0.15, 0.2) is 0 Å². The molecule has 0 N–H and O–H groups in total. The third kappa shape index (κ3) is 61.2. The molecule has 0 fully saturated rings. The van der Waals surface area contributed by atoms with Crippen LogP contribution in [-0.2, 0) is 0 Å². The standard InChI is InChI=1S/C63H122/c1-3-5-7-9-11-13-15-17-19-21-23-25-27-29-31-33-35-37-39-41-43-45-47-49-51-53-55-57-59-61-63-62-60-58-56-54-52-50-48-46-44-42-40-38-36-34-32-30-28-26-24-22-20-18-16-14-12-10-8-6-4-2/h3-6,19,21H,7-18,20,22-63H2,1-2H3. The summed E-state index contributed by atoms with van der Waals surface area (Å²) >= 11 is 0. The van der Waals surface area contributed by atoms with Gasteiger partial charge in [0, 0.05) is 0 Å². The van der Waals surface area contributed by atoms with Crippen LogP contribution in [0.3, 0.4) is 0 Å². The summed E-state index contributed by atoms with van der Waals surface area (Å²) in [7, 11) is 0. The smallest absolute Gasteiger partial charge is 0.0351 e. The Morgan fingerprint density at radius 2 is 0.222 bits per heavy atom. The highest BCUT2D eigenvalue weighted by atomic mass is 14.1. The number of allylic oxidation sites excluding steroid dienone is 6. The van der Waals surface area contributed by atoms with E-state index in [0.29, 0.717) is 0 Å². The lowest BCUT2D eigenvalue weighted by Crippen LogP contribution is -1.85. The van der Waals surface area contributed by atoms with Crippen molar-refractivity contribution in [2.24, 2.45) is 0 Å². The summed E-state index contributed by atoms with van der Waals surface area (Å²) in [5.74, 6) is 0. The van der Waals surface area contributed by atoms with Gasteiger partial charge in [0.2, 0.25) is 0 Å². The Morgan fingerprint density at radius 3 is 0.333 bits per heavy atom. The zero-order valence-corrected chi connectivity index (χ0v) is 44.4. The fraction of sp³-hybridized carbons (Fsp3) is 0.905. The molecule has 0 nitrogen and oxygen atoms in total. The van der Waals surface area contributed by atoms with Crippen LogP contribution in [0.1, 0.15) is 367 Å². The second-order valence-electron chi connectivity index (χ2n) is 20.8. The van der Waals surface area contributed by atoms with Gasteiger partial charge < -0.3 is 0 Å². The molecule has 374 valence electrons. The van der Waals surface area contributed by atoms with E-state index in [1.807, 2.05) is 0 Å². The van der Waals surface area contributed by atoms with Gasteiger partial charge in [-0.15, -0.1) is 0 Å². The number of rotatable bonds is 57. The summed E-state index contributed by atoms with van der Waals surface area (Å²) in [6.07, 6.45) is 94.2. The highest BCUT2D eigenvalue weighted by molar-refractivity contribution is 4.81. The molecule has 0 aromatic rings. The van der Waals surface area contributed by atoms with Gasteiger partial charge in [-0.3, -0.25) is 0 Å². The minimum absolute atomic E-state index is 1.27. The monoisotopic (exact) mass is 879 g/mol. The first kappa shape index (κ1) is 62.2. The Morgan fingerprint density at radius 1 is 0.127 bits per heavy atom. The van der Waals surface area contributed by atoms with E-state index in [-0.39, 0.29) is 0 Å². The SMILES string of the molecule is CC=CCCCCCCC=CCCCCCCCCCCCCCCCCCCCCCCCCCCCCCCCCCCCCCCCCCCCCCCCCCC=CC. The van der Waals surface area contributed by atoms with Crippen LogP contribution >= 0.6 is 0 Å². The maximum absolute atomic E-state index is 2.45. The lowest BCUT2D eigenvalue weighted by Gasteiger charge is -2.05. The summed E-state index contributed by atoms with van der Waals surface area (Å²) < 4.78 is 0. The summed E-state index contributed by atoms with van der Waals surface area (Å²) in [6, 6.07) is 0. The van der Waals surface area contributed by atoms with Crippen molar-refractivity contribution in [3.05, 3.63) is 36.5 Å². The van der Waals surface area contributed by atoms with E-state index in [2.05, 4.69) is 50.3 Å². The Balaban J connectivity index is 3.08. The topological polar surface area (TPSA) is 0 Å². The van der Waals surface area contributed by atoms with Crippen molar-refractivity contribution in [2.45, 2.75) is 367 Å². The Bertz CT molecular complexity index is 846. The highest BCUT2D eigenvalue weighted by Crippen LogP contribution is 2.19. The van der Waals surface area contributed by atoms with Crippen LogP contribution in [0.2, 0.25) is 0 Å². The summed E-state index contributed by atoms with van der Waals surface area (Å²) in [6.45, 7) is 4.26. The largest absolute Gasteiger partial charge is 0.0917 e. The van der Waals surface area contributed by atoms with Gasteiger partial charge in [0.1, 0.15) is 0 Å². The van der Waals surface area contributed by atoms with Crippen molar-refractivity contribution in [3.8, 4) is 0 Å². The van der Waals surface area contributed by atoms with E-state index in [1.165, 1.54) is 353 Å². The van der Waals surface area contributed by atoms with Gasteiger partial charge in [0.05, 0.1) is 0 Å². The maximum atomic E-state index is 2.45. The highest BCUT2D eigenvalue weighted by Gasteiger charge is 1.99. The van der Waals surface area contributed by atoms with Crippen molar-refractivity contribution in [2.75, 3.05) is 0 Å². The molecule has 63 heavy (non-hydrogen) atoms. The molecule has 0 atom stereocenters. The Hall–Kier alpha value is -0.780. The van der Waals surface area contributed by atoms with E-state index in [4.69, 9.17) is 0 Å². The van der Waals surface area contributed by atoms with Crippen LogP contribution < -0.4 is 0 Å². The predicted molar refractivity (Wildman–Crippen MR) is 293 cm³/mol. The van der Waals surface area contributed by atoms with Crippen LogP contribution in [-0.4, -0.2) is 0 Å². The first-order valence-corrected chi connectivity index (χ1v) is 30.3. The molecule has 0 saturated heterocycles. The minimum atomic E-state index is 1.27. The van der Waals surface area contributed by atoms with E-state index >= 15 is 0 Å². The average molecular weight is 880 g/mol. The zero-order valence-electron chi connectivity index (χ0n) is 44.4. The van der Waals surface area contributed by atoms with Crippen LogP contribution in [0, 0.1) is 0 Å². The van der Waals surface area contributed by atoms with Crippen molar-refractivity contribution in [1.82, 2.24) is 0 Å². The van der Waals surface area contributed by atoms with E-state index < -0.39 is 0 Å². The molecule has 0 amide bonds. The zero-order chi connectivity index (χ0) is 45.1. The molecule has 0 spiro atoms. The van der Waals surface area contributed by atoms with Gasteiger partial charge >= 0.3 is 0 Å². The van der Waals surface area contributed by atoms with Crippen molar-refractivity contribution in [1.29, 1.82) is 0 Å². The molecule has 0 radical (unpaired) electrons. The molecule has 0 bridgehead atoms. The molecular formula is C63H122. The predicted octanol–water partition coefficient (Wildman–Crippen LogP) is 24.2.